The molecule has 0 bridgehead atoms. The van der Waals surface area contributed by atoms with Crippen LogP contribution < -0.4 is 18.9 Å². The largest absolute Gasteiger partial charge is 0.507 e. The Morgan fingerprint density at radius 1 is 0.943 bits per heavy atom. The van der Waals surface area contributed by atoms with E-state index in [4.69, 9.17) is 23.4 Å². The van der Waals surface area contributed by atoms with E-state index in [-0.39, 0.29) is 17.9 Å². The van der Waals surface area contributed by atoms with Gasteiger partial charge in [0.2, 0.25) is 5.75 Å². The van der Waals surface area contributed by atoms with Gasteiger partial charge in [-0.15, -0.1) is 0 Å². The minimum absolute atomic E-state index is 0.0122. The molecular formula is C26H25NO8. The number of furan rings is 1. The molecule has 9 heteroatoms. The first kappa shape index (κ1) is 23.7. The monoisotopic (exact) mass is 479 g/mol. The van der Waals surface area contributed by atoms with Gasteiger partial charge in [0, 0.05) is 5.56 Å². The molecule has 1 aromatic heterocycles. The smallest absolute Gasteiger partial charge is 0.296 e. The third kappa shape index (κ3) is 4.28. The van der Waals surface area contributed by atoms with E-state index < -0.39 is 17.7 Å². The summed E-state index contributed by atoms with van der Waals surface area (Å²) in [6.45, 7) is 0.0122. The lowest BCUT2D eigenvalue weighted by molar-refractivity contribution is -0.140. The number of Topliss-reactive ketones (excluding diaryl/α,β-unsaturated/α-hetero) is 1. The van der Waals surface area contributed by atoms with Crippen molar-refractivity contribution in [3.05, 3.63) is 77.3 Å². The van der Waals surface area contributed by atoms with Crippen LogP contribution in [0.4, 0.5) is 0 Å². The SMILES string of the molecule is COc1ccc(/C(O)=C2\C(=O)C(=O)N(Cc3ccco3)C2c2cc(OC)c(OC)c(OC)c2)cc1. The average molecular weight is 479 g/mol. The van der Waals surface area contributed by atoms with Crippen molar-refractivity contribution in [3.8, 4) is 23.0 Å². The molecule has 35 heavy (non-hydrogen) atoms. The second kappa shape index (κ2) is 9.84. The molecule has 0 radical (unpaired) electrons. The summed E-state index contributed by atoms with van der Waals surface area (Å²) in [6, 6.07) is 12.3. The highest BCUT2D eigenvalue weighted by Gasteiger charge is 2.47. The van der Waals surface area contributed by atoms with Crippen molar-refractivity contribution in [2.24, 2.45) is 0 Å². The summed E-state index contributed by atoms with van der Waals surface area (Å²) in [5.74, 6) is 0.210. The van der Waals surface area contributed by atoms with Gasteiger partial charge in [-0.1, -0.05) is 0 Å². The number of carbonyl (C=O) groups is 2. The second-order valence-corrected chi connectivity index (χ2v) is 7.69. The molecule has 1 amide bonds. The molecule has 0 saturated carbocycles. The van der Waals surface area contributed by atoms with Crippen LogP contribution in [0, 0.1) is 0 Å². The highest BCUT2D eigenvalue weighted by molar-refractivity contribution is 6.46. The van der Waals surface area contributed by atoms with Crippen LogP contribution in [0.1, 0.15) is 22.9 Å². The minimum atomic E-state index is -0.948. The molecule has 1 N–H and O–H groups in total. The van der Waals surface area contributed by atoms with Crippen LogP contribution in [0.2, 0.25) is 0 Å². The molecule has 1 aliphatic rings. The summed E-state index contributed by atoms with van der Waals surface area (Å²) in [5, 5.41) is 11.2. The van der Waals surface area contributed by atoms with Gasteiger partial charge in [-0.05, 0) is 54.1 Å². The topological polar surface area (TPSA) is 108 Å². The first-order valence-electron chi connectivity index (χ1n) is 10.7. The Morgan fingerprint density at radius 2 is 1.60 bits per heavy atom. The molecule has 2 heterocycles. The van der Waals surface area contributed by atoms with Gasteiger partial charge in [-0.25, -0.2) is 0 Å². The molecule has 182 valence electrons. The zero-order chi connectivity index (χ0) is 25.1. The van der Waals surface area contributed by atoms with Crippen LogP contribution in [-0.4, -0.2) is 50.1 Å². The van der Waals surface area contributed by atoms with E-state index in [1.807, 2.05) is 0 Å². The fourth-order valence-electron chi connectivity index (χ4n) is 4.12. The number of hydrogen-bond donors (Lipinski definition) is 1. The Balaban J connectivity index is 1.92. The number of ketones is 1. The van der Waals surface area contributed by atoms with Gasteiger partial charge in [0.1, 0.15) is 17.3 Å². The van der Waals surface area contributed by atoms with Crippen LogP contribution in [0.5, 0.6) is 23.0 Å². The number of rotatable bonds is 8. The first-order chi connectivity index (χ1) is 16.9. The number of amides is 1. The number of aliphatic hydroxyl groups excluding tert-OH is 1. The Hall–Kier alpha value is -4.40. The molecule has 3 aromatic rings. The number of aliphatic hydroxyl groups is 1. The van der Waals surface area contributed by atoms with Crippen molar-refractivity contribution in [2.75, 3.05) is 28.4 Å². The van der Waals surface area contributed by atoms with Crippen LogP contribution in [0.25, 0.3) is 5.76 Å². The number of hydrogen-bond acceptors (Lipinski definition) is 8. The van der Waals surface area contributed by atoms with Gasteiger partial charge in [-0.3, -0.25) is 9.59 Å². The number of benzene rings is 2. The van der Waals surface area contributed by atoms with E-state index in [1.54, 1.807) is 48.5 Å². The van der Waals surface area contributed by atoms with Crippen LogP contribution in [-0.2, 0) is 16.1 Å². The van der Waals surface area contributed by atoms with Gasteiger partial charge >= 0.3 is 0 Å². The summed E-state index contributed by atoms with van der Waals surface area (Å²) >= 11 is 0. The highest BCUT2D eigenvalue weighted by Crippen LogP contribution is 2.46. The lowest BCUT2D eigenvalue weighted by Gasteiger charge is -2.26. The molecule has 1 aliphatic heterocycles. The summed E-state index contributed by atoms with van der Waals surface area (Å²) in [7, 11) is 5.95. The molecule has 9 nitrogen and oxygen atoms in total. The number of methoxy groups -OCH3 is 4. The summed E-state index contributed by atoms with van der Waals surface area (Å²) in [4.78, 5) is 27.8. The highest BCUT2D eigenvalue weighted by atomic mass is 16.5. The Morgan fingerprint density at radius 3 is 2.11 bits per heavy atom. The van der Waals surface area contributed by atoms with E-state index >= 15 is 0 Å². The van der Waals surface area contributed by atoms with Crippen molar-refractivity contribution in [1.82, 2.24) is 4.90 Å². The number of carbonyl (C=O) groups excluding carboxylic acids is 2. The molecule has 1 atom stereocenters. The van der Waals surface area contributed by atoms with Gasteiger partial charge in [-0.2, -0.15) is 0 Å². The van der Waals surface area contributed by atoms with Crippen LogP contribution in [0.15, 0.2) is 64.8 Å². The van der Waals surface area contributed by atoms with Gasteiger partial charge in [0.15, 0.2) is 11.5 Å². The van der Waals surface area contributed by atoms with E-state index in [0.717, 1.165) is 0 Å². The quantitative estimate of drug-likeness (QED) is 0.294. The van der Waals surface area contributed by atoms with Gasteiger partial charge in [0.05, 0.1) is 52.9 Å². The molecule has 1 fully saturated rings. The van der Waals surface area contributed by atoms with Gasteiger partial charge < -0.3 is 33.4 Å². The molecular weight excluding hydrogens is 454 g/mol. The zero-order valence-electron chi connectivity index (χ0n) is 19.7. The van der Waals surface area contributed by atoms with Gasteiger partial charge in [0.25, 0.3) is 11.7 Å². The number of likely N-dealkylation sites (tertiary alicyclic amines) is 1. The third-order valence-corrected chi connectivity index (χ3v) is 5.81. The van der Waals surface area contributed by atoms with E-state index in [2.05, 4.69) is 0 Å². The normalized spacial score (nSPS) is 16.9. The lowest BCUT2D eigenvalue weighted by Crippen LogP contribution is -2.29. The fraction of sp³-hybridized carbons (Fsp3) is 0.231. The van der Waals surface area contributed by atoms with E-state index in [9.17, 15) is 14.7 Å². The van der Waals surface area contributed by atoms with Crippen molar-refractivity contribution in [3.63, 3.8) is 0 Å². The number of ether oxygens (including phenoxy) is 4. The summed E-state index contributed by atoms with van der Waals surface area (Å²) in [5.41, 5.74) is 0.778. The second-order valence-electron chi connectivity index (χ2n) is 7.69. The molecule has 2 aromatic carbocycles. The fourth-order valence-corrected chi connectivity index (χ4v) is 4.12. The average Bonchev–Trinajstić information content (AvgIpc) is 3.49. The van der Waals surface area contributed by atoms with Crippen molar-refractivity contribution in [2.45, 2.75) is 12.6 Å². The van der Waals surface area contributed by atoms with Crippen molar-refractivity contribution < 1.29 is 38.1 Å². The number of nitrogens with zero attached hydrogens (tertiary/aromatic N) is 1. The zero-order valence-corrected chi connectivity index (χ0v) is 19.7. The molecule has 1 saturated heterocycles. The Bertz CT molecular complexity index is 1240. The maximum atomic E-state index is 13.2. The Kier molecular flexibility index (Phi) is 6.68. The van der Waals surface area contributed by atoms with E-state index in [0.29, 0.717) is 39.9 Å². The predicted octanol–water partition coefficient (Wildman–Crippen LogP) is 3.94. The molecule has 4 rings (SSSR count). The molecule has 0 aliphatic carbocycles. The summed E-state index contributed by atoms with van der Waals surface area (Å²) < 4.78 is 27.0. The Labute approximate surface area is 202 Å². The standard InChI is InChI=1S/C26H25NO8/c1-31-17-9-7-15(8-10-17)23(28)21-22(16-12-19(32-2)25(34-4)20(13-16)33-3)27(26(30)24(21)29)14-18-6-5-11-35-18/h5-13,22,28H,14H2,1-4H3/b23-21+. The summed E-state index contributed by atoms with van der Waals surface area (Å²) in [6.07, 6.45) is 1.48. The maximum Gasteiger partial charge on any atom is 0.296 e. The minimum Gasteiger partial charge on any atom is -0.507 e. The first-order valence-corrected chi connectivity index (χ1v) is 10.7. The lowest BCUT2D eigenvalue weighted by atomic mass is 9.94. The molecule has 0 spiro atoms. The van der Waals surface area contributed by atoms with Crippen LogP contribution >= 0.6 is 0 Å². The van der Waals surface area contributed by atoms with Crippen molar-refractivity contribution in [1.29, 1.82) is 0 Å². The van der Waals surface area contributed by atoms with Crippen LogP contribution in [0.3, 0.4) is 0 Å². The van der Waals surface area contributed by atoms with Crippen molar-refractivity contribution >= 4 is 17.4 Å². The molecule has 1 unspecified atom stereocenters. The maximum absolute atomic E-state index is 13.2. The van der Waals surface area contributed by atoms with E-state index in [1.165, 1.54) is 39.6 Å². The third-order valence-electron chi connectivity index (χ3n) is 5.81. The predicted molar refractivity (Wildman–Crippen MR) is 126 cm³/mol.